The average Bonchev–Trinajstić information content (AvgIpc) is 2.88. The summed E-state index contributed by atoms with van der Waals surface area (Å²) in [5.74, 6) is -6.78. The number of carboxylic acids is 2. The molecule has 0 saturated heterocycles. The summed E-state index contributed by atoms with van der Waals surface area (Å²) in [6.45, 7) is 0.188. The minimum absolute atomic E-state index is 0.0740. The summed E-state index contributed by atoms with van der Waals surface area (Å²) in [5, 5.41) is 35.1. The third-order valence-electron chi connectivity index (χ3n) is 5.62. The Bertz CT molecular complexity index is 1120. The van der Waals surface area contributed by atoms with E-state index < -0.39 is 66.2 Å². The molecule has 226 valence electrons. The van der Waals surface area contributed by atoms with Gasteiger partial charge in [0.15, 0.2) is 5.96 Å². The summed E-state index contributed by atoms with van der Waals surface area (Å²) >= 11 is 0. The van der Waals surface area contributed by atoms with E-state index in [0.29, 0.717) is 12.0 Å². The van der Waals surface area contributed by atoms with Crippen molar-refractivity contribution in [3.63, 3.8) is 0 Å². The van der Waals surface area contributed by atoms with Gasteiger partial charge in [0.1, 0.15) is 23.9 Å². The monoisotopic (exact) mass is 580 g/mol. The molecule has 0 spiro atoms. The van der Waals surface area contributed by atoms with Crippen molar-refractivity contribution in [2.75, 3.05) is 6.54 Å². The van der Waals surface area contributed by atoms with E-state index in [4.69, 9.17) is 22.9 Å². The van der Waals surface area contributed by atoms with Crippen LogP contribution in [0.2, 0.25) is 0 Å². The Morgan fingerprint density at radius 2 is 1.37 bits per heavy atom. The van der Waals surface area contributed by atoms with Crippen LogP contribution in [-0.2, 0) is 35.2 Å². The molecule has 0 saturated carbocycles. The van der Waals surface area contributed by atoms with Crippen LogP contribution in [0.25, 0.3) is 0 Å². The average molecular weight is 581 g/mol. The number of carbonyl (C=O) groups excluding carboxylic acids is 4. The number of guanidine groups is 1. The van der Waals surface area contributed by atoms with Crippen molar-refractivity contribution >= 4 is 41.5 Å². The first kappa shape index (κ1) is 34.1. The molecule has 14 N–H and O–H groups in total. The van der Waals surface area contributed by atoms with Crippen LogP contribution in [0, 0.1) is 0 Å². The Balaban J connectivity index is 3.10. The van der Waals surface area contributed by atoms with Crippen molar-refractivity contribution in [3.05, 3.63) is 29.8 Å². The van der Waals surface area contributed by atoms with Gasteiger partial charge in [0.2, 0.25) is 23.6 Å². The Morgan fingerprint density at radius 3 is 1.90 bits per heavy atom. The van der Waals surface area contributed by atoms with Crippen molar-refractivity contribution < 1.29 is 44.1 Å². The van der Waals surface area contributed by atoms with E-state index in [0.717, 1.165) is 0 Å². The number of amides is 4. The van der Waals surface area contributed by atoms with Gasteiger partial charge >= 0.3 is 11.9 Å². The third kappa shape index (κ3) is 13.6. The van der Waals surface area contributed by atoms with Gasteiger partial charge in [0.05, 0.1) is 12.5 Å². The Hall–Kier alpha value is -4.93. The summed E-state index contributed by atoms with van der Waals surface area (Å²) in [4.78, 5) is 76.6. The second kappa shape index (κ2) is 16.9. The number of aromatic hydroxyl groups is 1. The number of carboxylic acid groups (broad SMARTS) is 2. The zero-order valence-electron chi connectivity index (χ0n) is 22.1. The minimum atomic E-state index is -1.65. The van der Waals surface area contributed by atoms with E-state index in [1.54, 1.807) is 0 Å². The van der Waals surface area contributed by atoms with Gasteiger partial charge in [-0.2, -0.15) is 0 Å². The number of nitrogens with two attached hydrogens (primary N) is 4. The lowest BCUT2D eigenvalue weighted by molar-refractivity contribution is -0.143. The fourth-order valence-corrected chi connectivity index (χ4v) is 3.48. The number of rotatable bonds is 18. The molecule has 1 rings (SSSR count). The van der Waals surface area contributed by atoms with Gasteiger partial charge in [-0.1, -0.05) is 12.1 Å². The summed E-state index contributed by atoms with van der Waals surface area (Å²) in [7, 11) is 0. The molecule has 1 aromatic rings. The Labute approximate surface area is 234 Å². The van der Waals surface area contributed by atoms with Crippen LogP contribution in [0.3, 0.4) is 0 Å². The molecule has 17 nitrogen and oxygen atoms in total. The molecule has 0 bridgehead atoms. The molecule has 1 aromatic carbocycles. The molecule has 0 aromatic heterocycles. The number of nitrogens with zero attached hydrogens (tertiary/aromatic N) is 1. The fraction of sp³-hybridized carbons (Fsp3) is 0.458. The van der Waals surface area contributed by atoms with E-state index in [9.17, 15) is 44.1 Å². The zero-order chi connectivity index (χ0) is 31.1. The van der Waals surface area contributed by atoms with E-state index in [1.165, 1.54) is 24.3 Å². The number of hydrogen-bond donors (Lipinski definition) is 10. The van der Waals surface area contributed by atoms with Gasteiger partial charge in [-0.3, -0.25) is 29.0 Å². The lowest BCUT2D eigenvalue weighted by Gasteiger charge is -2.25. The number of benzene rings is 1. The topological polar surface area (TPSA) is 316 Å². The molecule has 0 fully saturated rings. The summed E-state index contributed by atoms with van der Waals surface area (Å²) in [5.41, 5.74) is 21.8. The molecular formula is C24H36N8O9. The van der Waals surface area contributed by atoms with Crippen LogP contribution in [0.1, 0.15) is 37.7 Å². The van der Waals surface area contributed by atoms with E-state index in [2.05, 4.69) is 20.9 Å². The quantitative estimate of drug-likeness (QED) is 0.0461. The Kier molecular flexibility index (Phi) is 14.1. The van der Waals surface area contributed by atoms with Crippen molar-refractivity contribution in [1.82, 2.24) is 16.0 Å². The highest BCUT2D eigenvalue weighted by atomic mass is 16.4. The van der Waals surface area contributed by atoms with E-state index in [1.807, 2.05) is 0 Å². The molecule has 4 amide bonds. The predicted molar refractivity (Wildman–Crippen MR) is 144 cm³/mol. The van der Waals surface area contributed by atoms with Gasteiger partial charge in [0.25, 0.3) is 0 Å². The van der Waals surface area contributed by atoms with Gasteiger partial charge in [-0.05, 0) is 37.0 Å². The summed E-state index contributed by atoms with van der Waals surface area (Å²) in [6.07, 6.45) is -1.31. The maximum atomic E-state index is 13.1. The van der Waals surface area contributed by atoms with Crippen molar-refractivity contribution in [3.8, 4) is 5.75 Å². The zero-order valence-corrected chi connectivity index (χ0v) is 22.1. The van der Waals surface area contributed by atoms with Crippen LogP contribution in [-0.4, -0.2) is 87.6 Å². The normalized spacial score (nSPS) is 13.5. The van der Waals surface area contributed by atoms with Gasteiger partial charge in [-0.25, -0.2) is 4.79 Å². The van der Waals surface area contributed by atoms with Crippen molar-refractivity contribution in [2.24, 2.45) is 27.9 Å². The molecule has 0 heterocycles. The number of aliphatic imine (C=N–C) groups is 1. The van der Waals surface area contributed by atoms with E-state index >= 15 is 0 Å². The molecule has 4 unspecified atom stereocenters. The number of phenols is 1. The van der Waals surface area contributed by atoms with Crippen LogP contribution in [0.15, 0.2) is 29.3 Å². The number of aliphatic carboxylic acids is 2. The van der Waals surface area contributed by atoms with E-state index in [-0.39, 0.29) is 43.9 Å². The summed E-state index contributed by atoms with van der Waals surface area (Å²) in [6, 6.07) is -0.232. The third-order valence-corrected chi connectivity index (χ3v) is 5.62. The van der Waals surface area contributed by atoms with Crippen molar-refractivity contribution in [1.29, 1.82) is 0 Å². The van der Waals surface area contributed by atoms with Crippen LogP contribution in [0.4, 0.5) is 0 Å². The number of nitrogens with one attached hydrogen (secondary N) is 3. The van der Waals surface area contributed by atoms with Gasteiger partial charge in [0, 0.05) is 19.4 Å². The number of hydrogen-bond acceptors (Lipinski definition) is 9. The number of primary amides is 1. The SMILES string of the molecule is NC(=O)CCC(NC(=O)C(Cc1ccc(O)cc1)NC(=O)C(CC(=O)O)NC(=O)C(N)CCCN=C(N)N)C(=O)O. The fourth-order valence-electron chi connectivity index (χ4n) is 3.48. The second-order valence-corrected chi connectivity index (χ2v) is 9.05. The highest BCUT2D eigenvalue weighted by molar-refractivity contribution is 5.95. The second-order valence-electron chi connectivity index (χ2n) is 9.05. The highest BCUT2D eigenvalue weighted by Gasteiger charge is 2.31. The molecule has 41 heavy (non-hydrogen) atoms. The smallest absolute Gasteiger partial charge is 0.326 e. The first-order chi connectivity index (χ1) is 19.2. The lowest BCUT2D eigenvalue weighted by atomic mass is 10.0. The molecular weight excluding hydrogens is 544 g/mol. The van der Waals surface area contributed by atoms with Crippen LogP contribution < -0.4 is 38.9 Å². The predicted octanol–water partition coefficient (Wildman–Crippen LogP) is -3.41. The van der Waals surface area contributed by atoms with Crippen molar-refractivity contribution in [2.45, 2.75) is 62.7 Å². The standard InChI is InChI=1S/C24H36N8O9/c25-14(2-1-9-29-24(27)28)20(37)31-17(11-19(35)36)22(39)32-16(10-12-3-5-13(33)6-4-12)21(38)30-15(23(40)41)7-8-18(26)34/h3-6,14-17,33H,1-2,7-11,25H2,(H2,26,34)(H,30,38)(H,31,37)(H,32,39)(H,35,36)(H,40,41)(H4,27,28,29). The maximum Gasteiger partial charge on any atom is 0.326 e. The molecule has 0 aliphatic carbocycles. The van der Waals surface area contributed by atoms with Crippen LogP contribution >= 0.6 is 0 Å². The minimum Gasteiger partial charge on any atom is -0.508 e. The highest BCUT2D eigenvalue weighted by Crippen LogP contribution is 2.12. The molecule has 0 radical (unpaired) electrons. The first-order valence-electron chi connectivity index (χ1n) is 12.4. The summed E-state index contributed by atoms with van der Waals surface area (Å²) < 4.78 is 0. The van der Waals surface area contributed by atoms with Gasteiger partial charge < -0.3 is 54.2 Å². The van der Waals surface area contributed by atoms with Gasteiger partial charge in [-0.15, -0.1) is 0 Å². The molecule has 4 atom stereocenters. The number of carbonyl (C=O) groups is 6. The first-order valence-corrected chi connectivity index (χ1v) is 12.4. The molecule has 0 aliphatic rings. The molecule has 0 aliphatic heterocycles. The molecule has 17 heteroatoms. The lowest BCUT2D eigenvalue weighted by Crippen LogP contribution is -2.58. The van der Waals surface area contributed by atoms with Crippen LogP contribution in [0.5, 0.6) is 5.75 Å². The Morgan fingerprint density at radius 1 is 0.805 bits per heavy atom. The number of phenolic OH excluding ortho intramolecular Hbond substituents is 1. The largest absolute Gasteiger partial charge is 0.508 e. The maximum absolute atomic E-state index is 13.1.